The zero-order chi connectivity index (χ0) is 25.3. The van der Waals surface area contributed by atoms with Crippen LogP contribution >= 0.6 is 11.6 Å². The molecule has 2 aromatic carbocycles. The van der Waals surface area contributed by atoms with Gasteiger partial charge < -0.3 is 4.90 Å². The van der Waals surface area contributed by atoms with E-state index in [2.05, 4.69) is 4.72 Å². The van der Waals surface area contributed by atoms with E-state index in [-0.39, 0.29) is 11.8 Å². The van der Waals surface area contributed by atoms with Crippen LogP contribution in [-0.2, 0) is 19.6 Å². The maximum absolute atomic E-state index is 13.7. The second-order valence-corrected chi connectivity index (χ2v) is 12.3. The number of nitrogens with one attached hydrogen (secondary N) is 1. The van der Waals surface area contributed by atoms with Gasteiger partial charge in [-0.25, -0.2) is 8.42 Å². The zero-order valence-electron chi connectivity index (χ0n) is 20.0. The fraction of sp³-hybridized carbons (Fsp3) is 0.400. The minimum atomic E-state index is -3.93. The van der Waals surface area contributed by atoms with E-state index in [0.717, 1.165) is 5.56 Å². The van der Waals surface area contributed by atoms with Gasteiger partial charge in [0.25, 0.3) is 11.8 Å². The van der Waals surface area contributed by atoms with Crippen molar-refractivity contribution in [2.24, 2.45) is 10.9 Å². The highest BCUT2D eigenvalue weighted by Gasteiger charge is 2.37. The van der Waals surface area contributed by atoms with Crippen LogP contribution in [0.4, 0.5) is 5.69 Å². The molecule has 2 aromatic rings. The Bertz CT molecular complexity index is 1220. The van der Waals surface area contributed by atoms with Gasteiger partial charge in [0, 0.05) is 16.1 Å². The van der Waals surface area contributed by atoms with Crippen LogP contribution in [0.1, 0.15) is 52.2 Å². The van der Waals surface area contributed by atoms with E-state index in [0.29, 0.717) is 28.4 Å². The van der Waals surface area contributed by atoms with Gasteiger partial charge in [-0.1, -0.05) is 62.2 Å². The number of rotatable bonds is 6. The summed E-state index contributed by atoms with van der Waals surface area (Å²) < 4.78 is 26.0. The Morgan fingerprint density at radius 1 is 1.18 bits per heavy atom. The molecule has 2 atom stereocenters. The second kappa shape index (κ2) is 9.88. The van der Waals surface area contributed by atoms with Crippen LogP contribution in [0.5, 0.6) is 0 Å². The van der Waals surface area contributed by atoms with Crippen LogP contribution in [0.15, 0.2) is 53.5 Å². The molecule has 0 aromatic heterocycles. The van der Waals surface area contributed by atoms with Gasteiger partial charge >= 0.3 is 0 Å². The molecule has 0 fully saturated rings. The molecular weight excluding hydrogens is 474 g/mol. The first-order chi connectivity index (χ1) is 15.9. The maximum Gasteiger partial charge on any atom is 0.253 e. The predicted molar refractivity (Wildman–Crippen MR) is 136 cm³/mol. The third-order valence-corrected chi connectivity index (χ3v) is 8.22. The number of aliphatic imine (C=N–C) groups is 1. The van der Waals surface area contributed by atoms with Crippen LogP contribution < -0.4 is 9.62 Å². The number of hydrogen-bond donors (Lipinski definition) is 1. The summed E-state index contributed by atoms with van der Waals surface area (Å²) in [7, 11) is -3.93. The first kappa shape index (κ1) is 25.9. The molecule has 9 heteroatoms. The lowest BCUT2D eigenvalue weighted by atomic mass is 9.98. The number of amides is 2. The molecule has 34 heavy (non-hydrogen) atoms. The van der Waals surface area contributed by atoms with Gasteiger partial charge in [0.15, 0.2) is 0 Å². The number of carbonyl (C=O) groups is 2. The van der Waals surface area contributed by atoms with E-state index < -0.39 is 33.3 Å². The molecular formula is C25H30ClN3O4S. The van der Waals surface area contributed by atoms with E-state index >= 15 is 0 Å². The summed E-state index contributed by atoms with van der Waals surface area (Å²) in [5, 5.41) is 0.455. The largest absolute Gasteiger partial charge is 0.300 e. The van der Waals surface area contributed by atoms with E-state index in [4.69, 9.17) is 16.6 Å². The van der Waals surface area contributed by atoms with Gasteiger partial charge in [0.2, 0.25) is 10.0 Å². The van der Waals surface area contributed by atoms with Crippen LogP contribution in [-0.4, -0.2) is 43.3 Å². The fourth-order valence-electron chi connectivity index (χ4n) is 3.54. The zero-order valence-corrected chi connectivity index (χ0v) is 21.6. The molecule has 1 aliphatic rings. The lowest BCUT2D eigenvalue weighted by Gasteiger charge is -2.27. The summed E-state index contributed by atoms with van der Waals surface area (Å²) in [5.74, 6) is -1.28. The van der Waals surface area contributed by atoms with Gasteiger partial charge in [-0.05, 0) is 44.9 Å². The Hall–Kier alpha value is -2.71. The minimum absolute atomic E-state index is 0.111. The van der Waals surface area contributed by atoms with E-state index in [1.165, 1.54) is 25.7 Å². The van der Waals surface area contributed by atoms with Crippen LogP contribution in [0, 0.1) is 5.92 Å². The maximum atomic E-state index is 13.7. The Kier molecular flexibility index (Phi) is 7.53. The average molecular weight is 504 g/mol. The summed E-state index contributed by atoms with van der Waals surface area (Å²) in [4.78, 5) is 32.8. The van der Waals surface area contributed by atoms with Crippen molar-refractivity contribution < 1.29 is 18.0 Å². The van der Waals surface area contributed by atoms with Gasteiger partial charge in [-0.2, -0.15) is 0 Å². The average Bonchev–Trinajstić information content (AvgIpc) is 2.87. The van der Waals surface area contributed by atoms with Crippen molar-refractivity contribution in [3.05, 3.63) is 64.7 Å². The number of nitrogens with zero attached hydrogens (tertiary/aromatic N) is 2. The third-order valence-electron chi connectivity index (χ3n) is 5.88. The second-order valence-electron chi connectivity index (χ2n) is 9.40. The molecule has 1 heterocycles. The van der Waals surface area contributed by atoms with Crippen LogP contribution in [0.3, 0.4) is 0 Å². The summed E-state index contributed by atoms with van der Waals surface area (Å²) in [6.45, 7) is 7.92. The Morgan fingerprint density at radius 3 is 2.41 bits per heavy atom. The number of fused-ring (bicyclic) bond motifs is 1. The summed E-state index contributed by atoms with van der Waals surface area (Å²) in [6, 6.07) is 13.7. The first-order valence-corrected chi connectivity index (χ1v) is 13.0. The van der Waals surface area contributed by atoms with Gasteiger partial charge in [0.1, 0.15) is 12.6 Å². The van der Waals surface area contributed by atoms with Crippen molar-refractivity contribution in [3.8, 4) is 0 Å². The molecule has 7 nitrogen and oxygen atoms in total. The standard InChI is InChI=1S/C25H30ClN3O4S/c1-6-16(2)22-24(31)29(15-21(30)28-34(32,33)25(3,4)5)20-13-12-18(26)14-19(20)23(27-22)17-10-8-7-9-11-17/h7-14,16,22H,6,15H2,1-5H3,(H,28,30)/t16?,22-/m0/s1. The number of hydrogen-bond acceptors (Lipinski definition) is 5. The van der Waals surface area contributed by atoms with Crippen molar-refractivity contribution in [1.82, 2.24) is 4.72 Å². The van der Waals surface area contributed by atoms with Gasteiger partial charge in [-0.15, -0.1) is 0 Å². The SMILES string of the molecule is CCC(C)[C@@H]1N=C(c2ccccc2)c2cc(Cl)ccc2N(CC(=O)NS(=O)(=O)C(C)(C)C)C1=O. The third kappa shape index (κ3) is 5.33. The quantitative estimate of drug-likeness (QED) is 0.639. The van der Waals surface area contributed by atoms with Crippen LogP contribution in [0.2, 0.25) is 5.02 Å². The summed E-state index contributed by atoms with van der Waals surface area (Å²) >= 11 is 6.32. The molecule has 0 radical (unpaired) electrons. The molecule has 0 saturated carbocycles. The molecule has 0 spiro atoms. The van der Waals surface area contributed by atoms with E-state index in [9.17, 15) is 18.0 Å². The first-order valence-electron chi connectivity index (χ1n) is 11.2. The van der Waals surface area contributed by atoms with E-state index in [1.807, 2.05) is 44.2 Å². The Balaban J connectivity index is 2.13. The lowest BCUT2D eigenvalue weighted by Crippen LogP contribution is -2.49. The summed E-state index contributed by atoms with van der Waals surface area (Å²) in [6.07, 6.45) is 0.692. The number of halogens is 1. The monoisotopic (exact) mass is 503 g/mol. The topological polar surface area (TPSA) is 95.9 Å². The molecule has 3 rings (SSSR count). The number of sulfonamides is 1. The van der Waals surface area contributed by atoms with Crippen molar-refractivity contribution in [1.29, 1.82) is 0 Å². The van der Waals surface area contributed by atoms with Crippen LogP contribution in [0.25, 0.3) is 0 Å². The molecule has 0 saturated heterocycles. The molecule has 1 unspecified atom stereocenters. The van der Waals surface area contributed by atoms with Gasteiger partial charge in [0.05, 0.1) is 16.1 Å². The smallest absolute Gasteiger partial charge is 0.253 e. The van der Waals surface area contributed by atoms with Crippen molar-refractivity contribution in [2.75, 3.05) is 11.4 Å². The fourth-order valence-corrected chi connectivity index (χ4v) is 4.38. The number of benzodiazepines with no additional fused rings is 1. The molecule has 0 bridgehead atoms. The Labute approximate surface area is 206 Å². The highest BCUT2D eigenvalue weighted by molar-refractivity contribution is 7.91. The molecule has 182 valence electrons. The van der Waals surface area contributed by atoms with E-state index in [1.54, 1.807) is 18.2 Å². The molecule has 0 aliphatic carbocycles. The number of anilines is 1. The Morgan fingerprint density at radius 2 is 1.82 bits per heavy atom. The van der Waals surface area contributed by atoms with Crippen molar-refractivity contribution in [3.63, 3.8) is 0 Å². The minimum Gasteiger partial charge on any atom is -0.300 e. The number of benzene rings is 2. The molecule has 1 aliphatic heterocycles. The lowest BCUT2D eigenvalue weighted by molar-refractivity contribution is -0.124. The van der Waals surface area contributed by atoms with Crippen molar-refractivity contribution in [2.45, 2.75) is 51.8 Å². The molecule has 1 N–H and O–H groups in total. The highest BCUT2D eigenvalue weighted by atomic mass is 35.5. The number of carbonyl (C=O) groups excluding carboxylic acids is 2. The van der Waals surface area contributed by atoms with Gasteiger partial charge in [-0.3, -0.25) is 19.3 Å². The highest BCUT2D eigenvalue weighted by Crippen LogP contribution is 2.33. The van der Waals surface area contributed by atoms with Crippen molar-refractivity contribution >= 4 is 44.8 Å². The molecule has 2 amide bonds. The summed E-state index contributed by atoms with van der Waals surface area (Å²) in [5.41, 5.74) is 2.46. The normalized spacial score (nSPS) is 17.5. The predicted octanol–water partition coefficient (Wildman–Crippen LogP) is 4.18.